The topological polar surface area (TPSA) is 79.8 Å². The summed E-state index contributed by atoms with van der Waals surface area (Å²) in [5.41, 5.74) is 1.41. The van der Waals surface area contributed by atoms with Crippen LogP contribution < -0.4 is 19.7 Å². The summed E-state index contributed by atoms with van der Waals surface area (Å²) in [7, 11) is 0. The van der Waals surface area contributed by atoms with Gasteiger partial charge in [-0.2, -0.15) is 0 Å². The second-order valence-electron chi connectivity index (χ2n) is 8.43. The maximum atomic E-state index is 12.2. The van der Waals surface area contributed by atoms with Gasteiger partial charge in [0.05, 0.1) is 5.56 Å². The molecule has 0 atom stereocenters. The molecule has 1 fully saturated rings. The van der Waals surface area contributed by atoms with E-state index in [0.717, 1.165) is 44.2 Å². The molecule has 0 unspecified atom stereocenters. The van der Waals surface area contributed by atoms with Gasteiger partial charge in [0.2, 0.25) is 12.7 Å². The van der Waals surface area contributed by atoms with Crippen LogP contribution in [0.3, 0.4) is 0 Å². The number of anilines is 1. The van der Waals surface area contributed by atoms with Gasteiger partial charge in [-0.3, -0.25) is 9.69 Å². The highest BCUT2D eigenvalue weighted by molar-refractivity contribution is 5.94. The zero-order valence-electron chi connectivity index (χ0n) is 17.1. The largest absolute Gasteiger partial charge is 0.454 e. The van der Waals surface area contributed by atoms with Gasteiger partial charge in [0.25, 0.3) is 5.91 Å². The van der Waals surface area contributed by atoms with E-state index in [9.17, 15) is 4.79 Å². The molecule has 1 saturated heterocycles. The predicted octanol–water partition coefficient (Wildman–Crippen LogP) is 2.06. The van der Waals surface area contributed by atoms with E-state index in [1.54, 1.807) is 12.4 Å². The molecule has 8 nitrogen and oxygen atoms in total. The number of hydrogen-bond acceptors (Lipinski definition) is 7. The fourth-order valence-corrected chi connectivity index (χ4v) is 3.42. The maximum Gasteiger partial charge on any atom is 0.254 e. The summed E-state index contributed by atoms with van der Waals surface area (Å²) in [5, 5.41) is 2.92. The summed E-state index contributed by atoms with van der Waals surface area (Å²) in [4.78, 5) is 25.6. The number of piperazine rings is 1. The third kappa shape index (κ3) is 4.76. The lowest BCUT2D eigenvalue weighted by molar-refractivity contribution is 0.0919. The molecule has 0 saturated carbocycles. The number of amides is 1. The molecule has 2 aromatic rings. The molecular formula is C21H27N5O3. The molecule has 0 bridgehead atoms. The van der Waals surface area contributed by atoms with Gasteiger partial charge in [0.1, 0.15) is 0 Å². The number of hydrogen-bond donors (Lipinski definition) is 1. The summed E-state index contributed by atoms with van der Waals surface area (Å²) >= 11 is 0. The number of rotatable bonds is 4. The standard InChI is InChI=1S/C21H27N5O3/c1-21(2,3)24-19(27)16-11-22-20(23-12-16)26-8-6-25(7-9-26)13-15-4-5-17-18(10-15)29-14-28-17/h4-5,10-12H,6-9,13-14H2,1-3H3,(H,24,27). The molecule has 154 valence electrons. The van der Waals surface area contributed by atoms with Crippen LogP contribution in [0.4, 0.5) is 5.95 Å². The van der Waals surface area contributed by atoms with Gasteiger partial charge in [-0.1, -0.05) is 6.07 Å². The number of carbonyl (C=O) groups is 1. The van der Waals surface area contributed by atoms with Crippen molar-refractivity contribution >= 4 is 11.9 Å². The van der Waals surface area contributed by atoms with Crippen molar-refractivity contribution in [1.82, 2.24) is 20.2 Å². The van der Waals surface area contributed by atoms with Gasteiger partial charge in [-0.05, 0) is 38.5 Å². The molecular weight excluding hydrogens is 370 g/mol. The van der Waals surface area contributed by atoms with Crippen LogP contribution in [-0.4, -0.2) is 59.3 Å². The Kier molecular flexibility index (Phi) is 5.27. The van der Waals surface area contributed by atoms with Gasteiger partial charge >= 0.3 is 0 Å². The lowest BCUT2D eigenvalue weighted by Gasteiger charge is -2.34. The second-order valence-corrected chi connectivity index (χ2v) is 8.43. The number of aromatic nitrogens is 2. The molecule has 1 N–H and O–H groups in total. The number of ether oxygens (including phenoxy) is 2. The number of fused-ring (bicyclic) bond motifs is 1. The van der Waals surface area contributed by atoms with Crippen LogP contribution in [0.2, 0.25) is 0 Å². The summed E-state index contributed by atoms with van der Waals surface area (Å²) in [6.45, 7) is 10.5. The van der Waals surface area contributed by atoms with Crippen molar-refractivity contribution in [2.24, 2.45) is 0 Å². The van der Waals surface area contributed by atoms with Gasteiger partial charge in [0.15, 0.2) is 11.5 Å². The Hall–Kier alpha value is -2.87. The molecule has 29 heavy (non-hydrogen) atoms. The Morgan fingerprint density at radius 3 is 2.45 bits per heavy atom. The predicted molar refractivity (Wildman–Crippen MR) is 109 cm³/mol. The van der Waals surface area contributed by atoms with Crippen LogP contribution in [0.15, 0.2) is 30.6 Å². The molecule has 0 radical (unpaired) electrons. The van der Waals surface area contributed by atoms with Crippen LogP contribution in [0.25, 0.3) is 0 Å². The summed E-state index contributed by atoms with van der Waals surface area (Å²) in [6, 6.07) is 6.11. The number of nitrogens with zero attached hydrogens (tertiary/aromatic N) is 4. The summed E-state index contributed by atoms with van der Waals surface area (Å²) < 4.78 is 10.8. The van der Waals surface area contributed by atoms with Crippen LogP contribution in [0.1, 0.15) is 36.7 Å². The zero-order valence-corrected chi connectivity index (χ0v) is 17.1. The van der Waals surface area contributed by atoms with E-state index in [4.69, 9.17) is 9.47 Å². The van der Waals surface area contributed by atoms with Crippen molar-refractivity contribution in [3.05, 3.63) is 41.7 Å². The van der Waals surface area contributed by atoms with Crippen LogP contribution in [0, 0.1) is 0 Å². The number of carbonyl (C=O) groups excluding carboxylic acids is 1. The summed E-state index contributed by atoms with van der Waals surface area (Å²) in [5.74, 6) is 2.15. The molecule has 1 amide bonds. The van der Waals surface area contributed by atoms with E-state index in [1.165, 1.54) is 5.56 Å². The Bertz CT molecular complexity index is 871. The lowest BCUT2D eigenvalue weighted by Crippen LogP contribution is -2.46. The third-order valence-corrected chi connectivity index (χ3v) is 4.89. The van der Waals surface area contributed by atoms with Gasteiger partial charge < -0.3 is 19.7 Å². The minimum Gasteiger partial charge on any atom is -0.454 e. The lowest BCUT2D eigenvalue weighted by atomic mass is 10.1. The van der Waals surface area contributed by atoms with Crippen molar-refractivity contribution in [1.29, 1.82) is 0 Å². The normalized spacial score (nSPS) is 16.7. The SMILES string of the molecule is CC(C)(C)NC(=O)c1cnc(N2CCN(Cc3ccc4c(c3)OCO4)CC2)nc1. The Morgan fingerprint density at radius 1 is 1.07 bits per heavy atom. The average molecular weight is 397 g/mol. The van der Waals surface area contributed by atoms with E-state index in [0.29, 0.717) is 18.3 Å². The zero-order chi connectivity index (χ0) is 20.4. The first-order valence-corrected chi connectivity index (χ1v) is 9.88. The molecule has 3 heterocycles. The van der Waals surface area contributed by atoms with E-state index in [2.05, 4.69) is 37.2 Å². The fraction of sp³-hybridized carbons (Fsp3) is 0.476. The highest BCUT2D eigenvalue weighted by atomic mass is 16.7. The van der Waals surface area contributed by atoms with Crippen molar-refractivity contribution in [3.63, 3.8) is 0 Å². The minimum absolute atomic E-state index is 0.155. The fourth-order valence-electron chi connectivity index (χ4n) is 3.42. The first-order valence-electron chi connectivity index (χ1n) is 9.88. The van der Waals surface area contributed by atoms with Crippen molar-refractivity contribution in [2.45, 2.75) is 32.9 Å². The smallest absolute Gasteiger partial charge is 0.254 e. The minimum atomic E-state index is -0.288. The second kappa shape index (κ2) is 7.87. The van der Waals surface area contributed by atoms with Crippen molar-refractivity contribution in [3.8, 4) is 11.5 Å². The van der Waals surface area contributed by atoms with E-state index in [1.807, 2.05) is 26.8 Å². The monoisotopic (exact) mass is 397 g/mol. The van der Waals surface area contributed by atoms with Gasteiger partial charge in [-0.25, -0.2) is 9.97 Å². The molecule has 8 heteroatoms. The van der Waals surface area contributed by atoms with Crippen LogP contribution in [-0.2, 0) is 6.54 Å². The molecule has 1 aromatic carbocycles. The highest BCUT2D eigenvalue weighted by Gasteiger charge is 2.21. The maximum absolute atomic E-state index is 12.2. The van der Waals surface area contributed by atoms with Crippen LogP contribution >= 0.6 is 0 Å². The van der Waals surface area contributed by atoms with E-state index >= 15 is 0 Å². The van der Waals surface area contributed by atoms with Crippen molar-refractivity contribution in [2.75, 3.05) is 37.9 Å². The molecule has 0 spiro atoms. The van der Waals surface area contributed by atoms with Crippen molar-refractivity contribution < 1.29 is 14.3 Å². The first-order chi connectivity index (χ1) is 13.9. The molecule has 0 aliphatic carbocycles. The average Bonchev–Trinajstić information content (AvgIpc) is 3.15. The van der Waals surface area contributed by atoms with Crippen LogP contribution in [0.5, 0.6) is 11.5 Å². The Balaban J connectivity index is 1.31. The quantitative estimate of drug-likeness (QED) is 0.846. The van der Waals surface area contributed by atoms with Gasteiger partial charge in [-0.15, -0.1) is 0 Å². The summed E-state index contributed by atoms with van der Waals surface area (Å²) in [6.07, 6.45) is 3.20. The van der Waals surface area contributed by atoms with E-state index < -0.39 is 0 Å². The number of nitrogens with one attached hydrogen (secondary N) is 1. The highest BCUT2D eigenvalue weighted by Crippen LogP contribution is 2.32. The van der Waals surface area contributed by atoms with Gasteiger partial charge in [0, 0.05) is 50.7 Å². The number of benzene rings is 1. The Labute approximate surface area is 170 Å². The molecule has 1 aromatic heterocycles. The van der Waals surface area contributed by atoms with E-state index in [-0.39, 0.29) is 11.4 Å². The molecule has 4 rings (SSSR count). The molecule has 2 aliphatic rings. The first kappa shape index (κ1) is 19.4. The third-order valence-electron chi connectivity index (χ3n) is 4.89. The molecule has 2 aliphatic heterocycles. The Morgan fingerprint density at radius 2 is 1.76 bits per heavy atom.